The van der Waals surface area contributed by atoms with Gasteiger partial charge in [-0.1, -0.05) is 18.2 Å². The lowest BCUT2D eigenvalue weighted by Gasteiger charge is -2.42. The van der Waals surface area contributed by atoms with Gasteiger partial charge in [0.2, 0.25) is 5.79 Å². The van der Waals surface area contributed by atoms with Crippen molar-refractivity contribution in [2.24, 2.45) is 24.8 Å². The minimum Gasteiger partial charge on any atom is -0.433 e. The second-order valence-electron chi connectivity index (χ2n) is 8.67. The molecule has 4 unspecified atom stereocenters. The van der Waals surface area contributed by atoms with Gasteiger partial charge in [0.1, 0.15) is 0 Å². The highest BCUT2D eigenvalue weighted by molar-refractivity contribution is 5.86. The predicted octanol–water partition coefficient (Wildman–Crippen LogP) is 2.63. The van der Waals surface area contributed by atoms with Crippen LogP contribution in [-0.2, 0) is 27.7 Å². The maximum atomic E-state index is 12.1. The lowest BCUT2D eigenvalue weighted by molar-refractivity contribution is -0.255. The fourth-order valence-electron chi connectivity index (χ4n) is 6.57. The number of benzene rings is 1. The average molecular weight is 352 g/mol. The van der Waals surface area contributed by atoms with Crippen molar-refractivity contribution in [1.82, 2.24) is 9.47 Å². The summed E-state index contributed by atoms with van der Waals surface area (Å²) in [5.74, 6) is 0.138. The number of likely N-dealkylation sites (N-methyl/N-ethyl adjacent to an activating group) is 1. The quantitative estimate of drug-likeness (QED) is 0.684. The van der Waals surface area contributed by atoms with Gasteiger partial charge in [0, 0.05) is 48.4 Å². The topological polar surface area (TPSA) is 43.7 Å². The van der Waals surface area contributed by atoms with Crippen LogP contribution in [0.25, 0.3) is 10.9 Å². The summed E-state index contributed by atoms with van der Waals surface area (Å²) in [6.45, 7) is 2.64. The maximum Gasteiger partial charge on any atom is 0.308 e. The standard InChI is InChI=1S/C21H24N2O3/c1-21-14(9-17(24)26-21)18-13(10-25-21)16-8-12-11-6-4-5-7-15(11)22(2)19(12)20(18)23(16)3/h4-7,13-14,16,18,20H,8-10H2,1-3H3/t13?,14-,16?,18?,20?,21-/m0/s1. The third-order valence-electron chi connectivity index (χ3n) is 7.67. The molecule has 4 aliphatic rings. The van der Waals surface area contributed by atoms with Gasteiger partial charge in [-0.15, -0.1) is 0 Å². The van der Waals surface area contributed by atoms with Crippen molar-refractivity contribution in [3.8, 4) is 0 Å². The Morgan fingerprint density at radius 3 is 2.85 bits per heavy atom. The fourth-order valence-corrected chi connectivity index (χ4v) is 6.57. The van der Waals surface area contributed by atoms with Crippen LogP contribution < -0.4 is 0 Å². The minimum absolute atomic E-state index is 0.112. The fraction of sp³-hybridized carbons (Fsp3) is 0.571. The van der Waals surface area contributed by atoms with E-state index in [1.54, 1.807) is 0 Å². The Bertz CT molecular complexity index is 950. The average Bonchev–Trinajstić information content (AvgIpc) is 3.13. The van der Waals surface area contributed by atoms with Crippen LogP contribution in [0, 0.1) is 17.8 Å². The van der Waals surface area contributed by atoms with Crippen LogP contribution in [-0.4, -0.2) is 40.9 Å². The summed E-state index contributed by atoms with van der Waals surface area (Å²) in [4.78, 5) is 14.7. The van der Waals surface area contributed by atoms with E-state index in [1.165, 1.54) is 22.2 Å². The Hall–Kier alpha value is -1.85. The van der Waals surface area contributed by atoms with Crippen molar-refractivity contribution in [2.45, 2.75) is 37.6 Å². The number of nitrogens with zero attached hydrogens (tertiary/aromatic N) is 2. The van der Waals surface area contributed by atoms with Gasteiger partial charge in [0.15, 0.2) is 0 Å². The number of hydrogen-bond donors (Lipinski definition) is 0. The summed E-state index contributed by atoms with van der Waals surface area (Å²) >= 11 is 0. The molecule has 0 N–H and O–H groups in total. The van der Waals surface area contributed by atoms with Crippen LogP contribution in [0.1, 0.15) is 30.6 Å². The molecule has 136 valence electrons. The smallest absolute Gasteiger partial charge is 0.308 e. The molecular weight excluding hydrogens is 328 g/mol. The number of carbonyl (C=O) groups excluding carboxylic acids is 1. The van der Waals surface area contributed by atoms with Crippen LogP contribution >= 0.6 is 0 Å². The van der Waals surface area contributed by atoms with Gasteiger partial charge in [0.05, 0.1) is 19.1 Å². The van der Waals surface area contributed by atoms with Gasteiger partial charge >= 0.3 is 5.97 Å². The highest BCUT2D eigenvalue weighted by Gasteiger charge is 2.64. The van der Waals surface area contributed by atoms with E-state index in [1.807, 2.05) is 6.92 Å². The molecule has 3 saturated heterocycles. The Balaban J connectivity index is 1.57. The number of esters is 1. The first-order chi connectivity index (χ1) is 12.5. The molecule has 5 heteroatoms. The number of aryl methyl sites for hydroxylation is 1. The van der Waals surface area contributed by atoms with E-state index >= 15 is 0 Å². The van der Waals surface area contributed by atoms with E-state index in [0.29, 0.717) is 36.9 Å². The molecule has 0 amide bonds. The van der Waals surface area contributed by atoms with Gasteiger partial charge in [-0.25, -0.2) is 0 Å². The first-order valence-corrected chi connectivity index (χ1v) is 9.63. The molecule has 4 aliphatic heterocycles. The van der Waals surface area contributed by atoms with Gasteiger partial charge in [-0.05, 0) is 31.0 Å². The molecule has 6 rings (SSSR count). The summed E-state index contributed by atoms with van der Waals surface area (Å²) in [5, 5.41) is 1.38. The molecule has 0 aliphatic carbocycles. The summed E-state index contributed by atoms with van der Waals surface area (Å²) in [7, 11) is 4.45. The molecular formula is C21H24N2O3. The summed E-state index contributed by atoms with van der Waals surface area (Å²) in [6, 6.07) is 9.53. The summed E-state index contributed by atoms with van der Waals surface area (Å²) in [5.41, 5.74) is 4.24. The van der Waals surface area contributed by atoms with Gasteiger partial charge in [-0.2, -0.15) is 0 Å². The van der Waals surface area contributed by atoms with Crippen LogP contribution in [0.3, 0.4) is 0 Å². The van der Waals surface area contributed by atoms with E-state index < -0.39 is 5.79 Å². The molecule has 0 saturated carbocycles. The van der Waals surface area contributed by atoms with Gasteiger partial charge < -0.3 is 14.0 Å². The number of rotatable bonds is 0. The third kappa shape index (κ3) is 1.62. The second-order valence-corrected chi connectivity index (χ2v) is 8.67. The minimum atomic E-state index is -0.749. The van der Waals surface area contributed by atoms with Crippen LogP contribution in [0.4, 0.5) is 0 Å². The van der Waals surface area contributed by atoms with E-state index in [0.717, 1.165) is 6.42 Å². The summed E-state index contributed by atoms with van der Waals surface area (Å²) in [6.07, 6.45) is 1.54. The Morgan fingerprint density at radius 1 is 1.19 bits per heavy atom. The molecule has 5 nitrogen and oxygen atoms in total. The zero-order chi connectivity index (χ0) is 17.8. The molecule has 2 bridgehead atoms. The molecule has 3 fully saturated rings. The van der Waals surface area contributed by atoms with Gasteiger partial charge in [-0.3, -0.25) is 9.69 Å². The summed E-state index contributed by atoms with van der Waals surface area (Å²) < 4.78 is 14.2. The van der Waals surface area contributed by atoms with E-state index in [9.17, 15) is 4.79 Å². The van der Waals surface area contributed by atoms with E-state index in [-0.39, 0.29) is 11.9 Å². The van der Waals surface area contributed by atoms with Crippen molar-refractivity contribution in [1.29, 1.82) is 0 Å². The monoisotopic (exact) mass is 352 g/mol. The highest BCUT2D eigenvalue weighted by atomic mass is 16.7. The third-order valence-corrected chi connectivity index (χ3v) is 7.67. The van der Waals surface area contributed by atoms with Crippen molar-refractivity contribution < 1.29 is 14.3 Å². The first-order valence-electron chi connectivity index (χ1n) is 9.63. The van der Waals surface area contributed by atoms with Crippen LogP contribution in [0.5, 0.6) is 0 Å². The zero-order valence-electron chi connectivity index (χ0n) is 15.4. The molecule has 6 atom stereocenters. The molecule has 0 spiro atoms. The zero-order valence-corrected chi connectivity index (χ0v) is 15.4. The van der Waals surface area contributed by atoms with Crippen molar-refractivity contribution in [2.75, 3.05) is 13.7 Å². The Labute approximate surface area is 152 Å². The normalized spacial score (nSPS) is 41.0. The molecule has 1 aromatic heterocycles. The molecule has 2 aromatic rings. The van der Waals surface area contributed by atoms with E-state index in [2.05, 4.69) is 47.8 Å². The SMILES string of the molecule is CN1C2Cc3c(n(C)c4ccccc34)C1C1C2CO[C@@]2(C)OC(=O)C[C@@H]12. The molecule has 1 aromatic carbocycles. The number of ether oxygens (including phenoxy) is 2. The number of hydrogen-bond acceptors (Lipinski definition) is 4. The lowest BCUT2D eigenvalue weighted by Crippen LogP contribution is -2.49. The highest BCUT2D eigenvalue weighted by Crippen LogP contribution is 2.60. The van der Waals surface area contributed by atoms with Crippen molar-refractivity contribution in [3.63, 3.8) is 0 Å². The van der Waals surface area contributed by atoms with Crippen molar-refractivity contribution >= 4 is 16.9 Å². The first kappa shape index (κ1) is 15.2. The van der Waals surface area contributed by atoms with E-state index in [4.69, 9.17) is 9.47 Å². The largest absolute Gasteiger partial charge is 0.433 e. The van der Waals surface area contributed by atoms with Crippen molar-refractivity contribution in [3.05, 3.63) is 35.5 Å². The Kier molecular flexibility index (Phi) is 2.75. The van der Waals surface area contributed by atoms with Crippen LogP contribution in [0.2, 0.25) is 0 Å². The molecule has 5 heterocycles. The predicted molar refractivity (Wildman–Crippen MR) is 96.5 cm³/mol. The number of carbonyl (C=O) groups is 1. The van der Waals surface area contributed by atoms with Crippen LogP contribution in [0.15, 0.2) is 24.3 Å². The molecule has 0 radical (unpaired) electrons. The lowest BCUT2D eigenvalue weighted by atomic mass is 9.72. The molecule has 26 heavy (non-hydrogen) atoms. The van der Waals surface area contributed by atoms with Gasteiger partial charge in [0.25, 0.3) is 0 Å². The Morgan fingerprint density at radius 2 is 2.00 bits per heavy atom. The number of para-hydroxylation sites is 1. The maximum absolute atomic E-state index is 12.1. The number of aromatic nitrogens is 1. The second kappa shape index (κ2) is 4.70. The number of fused-ring (bicyclic) bond motifs is 11.